The first kappa shape index (κ1) is 16.5. The van der Waals surface area contributed by atoms with Gasteiger partial charge in [0, 0.05) is 42.4 Å². The van der Waals surface area contributed by atoms with E-state index < -0.39 is 4.92 Å². The normalized spacial score (nSPS) is 10.6. The van der Waals surface area contributed by atoms with Crippen molar-refractivity contribution in [1.29, 1.82) is 0 Å². The van der Waals surface area contributed by atoms with Crippen molar-refractivity contribution in [2.24, 2.45) is 0 Å². The van der Waals surface area contributed by atoms with Crippen molar-refractivity contribution in [3.05, 3.63) is 57.9 Å². The van der Waals surface area contributed by atoms with E-state index in [9.17, 15) is 10.1 Å². The van der Waals surface area contributed by atoms with Crippen LogP contribution in [0.2, 0.25) is 0 Å². The molecule has 0 radical (unpaired) electrons. The lowest BCUT2D eigenvalue weighted by Crippen LogP contribution is -2.08. The van der Waals surface area contributed by atoms with Gasteiger partial charge in [-0.05, 0) is 26.0 Å². The van der Waals surface area contributed by atoms with Gasteiger partial charge in [0.2, 0.25) is 5.89 Å². The number of non-ortho nitro benzene ring substituents is 1. The second-order valence-electron chi connectivity index (χ2n) is 5.43. The summed E-state index contributed by atoms with van der Waals surface area (Å²) in [5, 5.41) is 17.7. The molecule has 0 fully saturated rings. The summed E-state index contributed by atoms with van der Waals surface area (Å²) in [6, 6.07) is 7.97. The summed E-state index contributed by atoms with van der Waals surface area (Å²) in [5.74, 6) is 2.34. The van der Waals surface area contributed by atoms with Gasteiger partial charge in [-0.15, -0.1) is 0 Å². The van der Waals surface area contributed by atoms with Crippen LogP contribution in [0.15, 0.2) is 34.9 Å². The highest BCUT2D eigenvalue weighted by atomic mass is 16.6. The maximum absolute atomic E-state index is 10.7. The Morgan fingerprint density at radius 2 is 1.92 bits per heavy atom. The van der Waals surface area contributed by atoms with Crippen LogP contribution in [0.3, 0.4) is 0 Å². The number of benzene rings is 1. The van der Waals surface area contributed by atoms with Crippen LogP contribution in [0, 0.1) is 24.0 Å². The third-order valence-electron chi connectivity index (χ3n) is 3.41. The molecule has 0 unspecified atom stereocenters. The summed E-state index contributed by atoms with van der Waals surface area (Å²) in [7, 11) is 0. The predicted octanol–water partition coefficient (Wildman–Crippen LogP) is 2.71. The van der Waals surface area contributed by atoms with Gasteiger partial charge >= 0.3 is 0 Å². The third kappa shape index (κ3) is 4.14. The van der Waals surface area contributed by atoms with E-state index in [1.807, 2.05) is 13.0 Å². The van der Waals surface area contributed by atoms with Crippen LogP contribution in [0.1, 0.15) is 17.4 Å². The molecule has 0 bridgehead atoms. The monoisotopic (exact) mass is 340 g/mol. The zero-order valence-corrected chi connectivity index (χ0v) is 13.8. The zero-order chi connectivity index (χ0) is 17.8. The summed E-state index contributed by atoms with van der Waals surface area (Å²) in [4.78, 5) is 23.3. The Morgan fingerprint density at radius 3 is 2.56 bits per heavy atom. The van der Waals surface area contributed by atoms with E-state index in [4.69, 9.17) is 4.52 Å². The topological polar surface area (TPSA) is 120 Å². The quantitative estimate of drug-likeness (QED) is 0.537. The molecular formula is C16H16N6O3. The molecule has 0 aliphatic carbocycles. The van der Waals surface area contributed by atoms with E-state index in [2.05, 4.69) is 25.4 Å². The SMILES string of the molecule is Cc1cc(NCCc2nc(C)no2)nc(-c2ccc([N+](=O)[O-])cc2)n1. The molecule has 3 aromatic rings. The van der Waals surface area contributed by atoms with Gasteiger partial charge in [-0.2, -0.15) is 4.98 Å². The van der Waals surface area contributed by atoms with Crippen LogP contribution in [0.4, 0.5) is 11.5 Å². The van der Waals surface area contributed by atoms with Crippen molar-refractivity contribution in [3.63, 3.8) is 0 Å². The van der Waals surface area contributed by atoms with E-state index in [0.29, 0.717) is 41.9 Å². The summed E-state index contributed by atoms with van der Waals surface area (Å²) >= 11 is 0. The van der Waals surface area contributed by atoms with Gasteiger partial charge in [0.05, 0.1) is 4.92 Å². The Bertz CT molecular complexity index is 891. The van der Waals surface area contributed by atoms with Crippen molar-refractivity contribution in [1.82, 2.24) is 20.1 Å². The fraction of sp³-hybridized carbons (Fsp3) is 0.250. The number of nitro benzene ring substituents is 1. The molecule has 0 aliphatic heterocycles. The molecule has 1 N–H and O–H groups in total. The second kappa shape index (κ2) is 7.04. The smallest absolute Gasteiger partial charge is 0.269 e. The Labute approximate surface area is 143 Å². The van der Waals surface area contributed by atoms with E-state index >= 15 is 0 Å². The standard InChI is InChI=1S/C16H16N6O3/c1-10-9-14(17-8-7-15-19-11(2)21-25-15)20-16(18-10)12-3-5-13(6-4-12)22(23)24/h3-6,9H,7-8H2,1-2H3,(H,17,18,20). The van der Waals surface area contributed by atoms with Crippen LogP contribution in [0.5, 0.6) is 0 Å². The highest BCUT2D eigenvalue weighted by molar-refractivity contribution is 5.59. The highest BCUT2D eigenvalue weighted by Crippen LogP contribution is 2.21. The highest BCUT2D eigenvalue weighted by Gasteiger charge is 2.09. The molecule has 0 saturated carbocycles. The molecule has 0 amide bonds. The zero-order valence-electron chi connectivity index (χ0n) is 13.8. The van der Waals surface area contributed by atoms with E-state index in [1.54, 1.807) is 19.1 Å². The van der Waals surface area contributed by atoms with Crippen LogP contribution >= 0.6 is 0 Å². The van der Waals surface area contributed by atoms with Gasteiger partial charge < -0.3 is 9.84 Å². The maximum atomic E-state index is 10.7. The number of aromatic nitrogens is 4. The first-order chi connectivity index (χ1) is 12.0. The van der Waals surface area contributed by atoms with Crippen LogP contribution < -0.4 is 5.32 Å². The van der Waals surface area contributed by atoms with Crippen LogP contribution in [-0.2, 0) is 6.42 Å². The number of anilines is 1. The molecule has 25 heavy (non-hydrogen) atoms. The van der Waals surface area contributed by atoms with Gasteiger partial charge in [0.1, 0.15) is 5.82 Å². The molecule has 3 rings (SSSR count). The van der Waals surface area contributed by atoms with Crippen molar-refractivity contribution in [2.75, 3.05) is 11.9 Å². The molecule has 0 spiro atoms. The second-order valence-corrected chi connectivity index (χ2v) is 5.43. The Hall–Kier alpha value is -3.36. The number of nitro groups is 1. The number of rotatable bonds is 6. The van der Waals surface area contributed by atoms with Crippen molar-refractivity contribution < 1.29 is 9.45 Å². The first-order valence-electron chi connectivity index (χ1n) is 7.65. The van der Waals surface area contributed by atoms with Crippen molar-refractivity contribution in [2.45, 2.75) is 20.3 Å². The molecule has 1 aromatic carbocycles. The molecule has 0 aliphatic rings. The molecule has 128 valence electrons. The van der Waals surface area contributed by atoms with Crippen molar-refractivity contribution in [3.8, 4) is 11.4 Å². The Balaban J connectivity index is 1.72. The van der Waals surface area contributed by atoms with Gasteiger partial charge in [-0.3, -0.25) is 10.1 Å². The number of nitrogens with one attached hydrogen (secondary N) is 1. The lowest BCUT2D eigenvalue weighted by atomic mass is 10.2. The minimum absolute atomic E-state index is 0.0320. The molecule has 2 aromatic heterocycles. The van der Waals surface area contributed by atoms with E-state index in [-0.39, 0.29) is 5.69 Å². The van der Waals surface area contributed by atoms with Crippen LogP contribution in [0.25, 0.3) is 11.4 Å². The number of hydrogen-bond acceptors (Lipinski definition) is 8. The number of aryl methyl sites for hydroxylation is 2. The Morgan fingerprint density at radius 1 is 1.16 bits per heavy atom. The fourth-order valence-electron chi connectivity index (χ4n) is 2.26. The van der Waals surface area contributed by atoms with Gasteiger partial charge in [0.25, 0.3) is 5.69 Å². The minimum Gasteiger partial charge on any atom is -0.369 e. The first-order valence-corrected chi connectivity index (χ1v) is 7.65. The van der Waals surface area contributed by atoms with Gasteiger partial charge in [-0.25, -0.2) is 9.97 Å². The molecule has 9 heteroatoms. The summed E-state index contributed by atoms with van der Waals surface area (Å²) in [6.07, 6.45) is 0.580. The molecular weight excluding hydrogens is 324 g/mol. The van der Waals surface area contributed by atoms with Gasteiger partial charge in [-0.1, -0.05) is 5.16 Å². The lowest BCUT2D eigenvalue weighted by Gasteiger charge is -2.08. The number of hydrogen-bond donors (Lipinski definition) is 1. The Kier molecular flexibility index (Phi) is 4.64. The largest absolute Gasteiger partial charge is 0.369 e. The lowest BCUT2D eigenvalue weighted by molar-refractivity contribution is -0.384. The van der Waals surface area contributed by atoms with Crippen molar-refractivity contribution >= 4 is 11.5 Å². The molecule has 0 atom stereocenters. The fourth-order valence-corrected chi connectivity index (χ4v) is 2.26. The molecule has 9 nitrogen and oxygen atoms in total. The minimum atomic E-state index is -0.437. The molecule has 0 saturated heterocycles. The average molecular weight is 340 g/mol. The number of nitrogens with zero attached hydrogens (tertiary/aromatic N) is 5. The van der Waals surface area contributed by atoms with E-state index in [0.717, 1.165) is 5.69 Å². The maximum Gasteiger partial charge on any atom is 0.269 e. The van der Waals surface area contributed by atoms with Gasteiger partial charge in [0.15, 0.2) is 11.6 Å². The third-order valence-corrected chi connectivity index (χ3v) is 3.41. The van der Waals surface area contributed by atoms with Crippen LogP contribution in [-0.4, -0.2) is 31.6 Å². The average Bonchev–Trinajstić information content (AvgIpc) is 3.00. The predicted molar refractivity (Wildman–Crippen MR) is 90.1 cm³/mol. The van der Waals surface area contributed by atoms with E-state index in [1.165, 1.54) is 12.1 Å². The summed E-state index contributed by atoms with van der Waals surface area (Å²) < 4.78 is 5.06. The molecule has 2 heterocycles. The summed E-state index contributed by atoms with van der Waals surface area (Å²) in [6.45, 7) is 4.21. The summed E-state index contributed by atoms with van der Waals surface area (Å²) in [5.41, 5.74) is 1.54.